The Hall–Kier alpha value is -1.30. The molecule has 1 N–H and O–H groups in total. The molecule has 1 rings (SSSR count). The molecule has 6 heteroatoms. The van der Waals surface area contributed by atoms with Crippen molar-refractivity contribution in [2.75, 3.05) is 5.75 Å². The molecular weight excluding hydrogens is 252 g/mol. The third-order valence-corrected chi connectivity index (χ3v) is 3.35. The quantitative estimate of drug-likeness (QED) is 0.600. The molecule has 0 bridgehead atoms. The molecular formula is C12H17N2O3S-. The summed E-state index contributed by atoms with van der Waals surface area (Å²) in [5.41, 5.74) is 1.17. The lowest BCUT2D eigenvalue weighted by Gasteiger charge is -2.08. The van der Waals surface area contributed by atoms with Crippen LogP contribution in [0.4, 0.5) is 0 Å². The number of aryl methyl sites for hydroxylation is 1. The fraction of sp³-hybridized carbons (Fsp3) is 0.583. The minimum atomic E-state index is -1.18. The van der Waals surface area contributed by atoms with Gasteiger partial charge in [0.25, 0.3) is 5.56 Å². The fourth-order valence-electron chi connectivity index (χ4n) is 1.51. The van der Waals surface area contributed by atoms with E-state index in [0.717, 1.165) is 18.2 Å². The Bertz CT molecular complexity index is 483. The van der Waals surface area contributed by atoms with Gasteiger partial charge in [0, 0.05) is 17.0 Å². The summed E-state index contributed by atoms with van der Waals surface area (Å²) in [7, 11) is 0. The van der Waals surface area contributed by atoms with Gasteiger partial charge in [-0.2, -0.15) is 0 Å². The van der Waals surface area contributed by atoms with E-state index >= 15 is 0 Å². The van der Waals surface area contributed by atoms with Crippen LogP contribution in [-0.4, -0.2) is 21.7 Å². The summed E-state index contributed by atoms with van der Waals surface area (Å²) in [4.78, 5) is 29.0. The van der Waals surface area contributed by atoms with Gasteiger partial charge in [0.05, 0.1) is 5.97 Å². The number of H-pyrrole nitrogens is 1. The van der Waals surface area contributed by atoms with Crippen molar-refractivity contribution in [3.63, 3.8) is 0 Å². The molecule has 0 amide bonds. The number of hydrogen-bond acceptors (Lipinski definition) is 5. The summed E-state index contributed by atoms with van der Waals surface area (Å²) in [6.45, 7) is 5.97. The van der Waals surface area contributed by atoms with Gasteiger partial charge in [-0.05, 0) is 25.7 Å². The van der Waals surface area contributed by atoms with E-state index in [0.29, 0.717) is 28.8 Å². The van der Waals surface area contributed by atoms with E-state index in [4.69, 9.17) is 0 Å². The number of carboxylic acids is 1. The first kappa shape index (κ1) is 14.8. The molecule has 1 aromatic heterocycles. The molecule has 0 spiro atoms. The molecule has 0 fully saturated rings. The zero-order chi connectivity index (χ0) is 13.7. The number of carbonyl (C=O) groups is 1. The Kier molecular flexibility index (Phi) is 5.40. The van der Waals surface area contributed by atoms with E-state index in [9.17, 15) is 14.7 Å². The number of nitrogens with zero attached hydrogens (tertiary/aromatic N) is 1. The molecule has 1 heterocycles. The van der Waals surface area contributed by atoms with Gasteiger partial charge in [-0.1, -0.05) is 25.6 Å². The number of thioether (sulfide) groups is 1. The third kappa shape index (κ3) is 4.52. The molecule has 100 valence electrons. The van der Waals surface area contributed by atoms with Crippen LogP contribution in [0, 0.1) is 12.8 Å². The molecule has 0 aliphatic rings. The largest absolute Gasteiger partial charge is 0.549 e. The molecule has 0 unspecified atom stereocenters. The van der Waals surface area contributed by atoms with Crippen molar-refractivity contribution >= 4 is 17.7 Å². The van der Waals surface area contributed by atoms with Crippen molar-refractivity contribution in [2.24, 2.45) is 5.92 Å². The van der Waals surface area contributed by atoms with Crippen molar-refractivity contribution in [3.05, 3.63) is 21.6 Å². The molecule has 18 heavy (non-hydrogen) atoms. The molecule has 0 aromatic carbocycles. The van der Waals surface area contributed by atoms with Crippen molar-refractivity contribution < 1.29 is 9.90 Å². The van der Waals surface area contributed by atoms with E-state index in [2.05, 4.69) is 23.8 Å². The third-order valence-electron chi connectivity index (χ3n) is 2.50. The highest BCUT2D eigenvalue weighted by Gasteiger charge is 2.09. The molecule has 0 saturated heterocycles. The number of aromatic nitrogens is 2. The van der Waals surface area contributed by atoms with E-state index in [1.165, 1.54) is 0 Å². The Labute approximate surface area is 110 Å². The number of carbonyl (C=O) groups excluding carboxylic acids is 1. The predicted octanol–water partition coefficient (Wildman–Crippen LogP) is 0.509. The Morgan fingerprint density at radius 1 is 1.50 bits per heavy atom. The number of aliphatic carboxylic acids is 1. The monoisotopic (exact) mass is 269 g/mol. The maximum atomic E-state index is 11.8. The normalized spacial score (nSPS) is 10.9. The minimum absolute atomic E-state index is 0.177. The summed E-state index contributed by atoms with van der Waals surface area (Å²) in [6, 6.07) is 0. The zero-order valence-corrected chi connectivity index (χ0v) is 11.6. The fourth-order valence-corrected chi connectivity index (χ4v) is 2.13. The lowest BCUT2D eigenvalue weighted by atomic mass is 10.0. The maximum absolute atomic E-state index is 11.8. The van der Waals surface area contributed by atoms with Gasteiger partial charge in [-0.15, -0.1) is 0 Å². The van der Waals surface area contributed by atoms with Gasteiger partial charge in [0.1, 0.15) is 0 Å². The molecule has 0 atom stereocenters. The highest BCUT2D eigenvalue weighted by molar-refractivity contribution is 7.99. The number of nitrogens with one attached hydrogen (secondary N) is 1. The highest BCUT2D eigenvalue weighted by atomic mass is 32.2. The minimum Gasteiger partial charge on any atom is -0.549 e. The average Bonchev–Trinajstić information content (AvgIpc) is 2.24. The lowest BCUT2D eigenvalue weighted by molar-refractivity contribution is -0.301. The molecule has 0 aliphatic carbocycles. The van der Waals surface area contributed by atoms with Crippen molar-refractivity contribution in [1.82, 2.24) is 9.97 Å². The first-order valence-corrected chi connectivity index (χ1v) is 6.81. The van der Waals surface area contributed by atoms with Crippen molar-refractivity contribution in [1.29, 1.82) is 0 Å². The molecule has 1 aromatic rings. The standard InChI is InChI=1S/C12H18N2O3S/c1-7(2)4-5-9-8(3)13-12(14-11(9)17)18-6-10(15)16/h7H,4-6H2,1-3H3,(H,15,16)(H,13,14,17)/p-1. The maximum Gasteiger partial charge on any atom is 0.254 e. The van der Waals surface area contributed by atoms with Crippen LogP contribution in [0.1, 0.15) is 31.5 Å². The summed E-state index contributed by atoms with van der Waals surface area (Å²) < 4.78 is 0. The second-order valence-corrected chi connectivity index (χ2v) is 5.49. The lowest BCUT2D eigenvalue weighted by Crippen LogP contribution is -2.25. The van der Waals surface area contributed by atoms with Gasteiger partial charge in [0.2, 0.25) is 0 Å². The summed E-state index contributed by atoms with van der Waals surface area (Å²) in [6.07, 6.45) is 1.62. The van der Waals surface area contributed by atoms with Crippen LogP contribution in [0.3, 0.4) is 0 Å². The van der Waals surface area contributed by atoms with E-state index in [1.807, 2.05) is 0 Å². The molecule has 0 saturated carbocycles. The highest BCUT2D eigenvalue weighted by Crippen LogP contribution is 2.13. The summed E-state index contributed by atoms with van der Waals surface area (Å²) in [5, 5.41) is 10.7. The Balaban J connectivity index is 2.84. The van der Waals surface area contributed by atoms with Crippen molar-refractivity contribution in [2.45, 2.75) is 38.8 Å². The second-order valence-electron chi connectivity index (χ2n) is 4.53. The number of hydrogen-bond donors (Lipinski definition) is 1. The SMILES string of the molecule is Cc1nc(SCC(=O)[O-])[nH]c(=O)c1CCC(C)C. The first-order chi connectivity index (χ1) is 8.40. The van der Waals surface area contributed by atoms with Crippen LogP contribution < -0.4 is 10.7 Å². The predicted molar refractivity (Wildman–Crippen MR) is 68.5 cm³/mol. The van der Waals surface area contributed by atoms with Gasteiger partial charge in [-0.25, -0.2) is 4.98 Å². The topological polar surface area (TPSA) is 85.9 Å². The van der Waals surface area contributed by atoms with Gasteiger partial charge in [-0.3, -0.25) is 4.79 Å². The van der Waals surface area contributed by atoms with E-state index in [-0.39, 0.29) is 11.3 Å². The number of rotatable bonds is 6. The van der Waals surface area contributed by atoms with E-state index in [1.54, 1.807) is 6.92 Å². The van der Waals surface area contributed by atoms with Gasteiger partial charge < -0.3 is 14.9 Å². The number of aromatic amines is 1. The van der Waals surface area contributed by atoms with Crippen LogP contribution in [0.25, 0.3) is 0 Å². The van der Waals surface area contributed by atoms with Crippen LogP contribution in [0.5, 0.6) is 0 Å². The Morgan fingerprint density at radius 3 is 2.67 bits per heavy atom. The average molecular weight is 269 g/mol. The van der Waals surface area contributed by atoms with Crippen LogP contribution in [0.2, 0.25) is 0 Å². The first-order valence-electron chi connectivity index (χ1n) is 5.82. The molecule has 5 nitrogen and oxygen atoms in total. The van der Waals surface area contributed by atoms with Crippen LogP contribution in [-0.2, 0) is 11.2 Å². The molecule has 0 radical (unpaired) electrons. The Morgan fingerprint density at radius 2 is 2.17 bits per heavy atom. The van der Waals surface area contributed by atoms with Gasteiger partial charge >= 0.3 is 0 Å². The second kappa shape index (κ2) is 6.58. The van der Waals surface area contributed by atoms with Gasteiger partial charge in [0.15, 0.2) is 5.16 Å². The van der Waals surface area contributed by atoms with E-state index < -0.39 is 5.97 Å². The molecule has 0 aliphatic heterocycles. The zero-order valence-electron chi connectivity index (χ0n) is 10.8. The van der Waals surface area contributed by atoms with Crippen LogP contribution in [0.15, 0.2) is 9.95 Å². The summed E-state index contributed by atoms with van der Waals surface area (Å²) >= 11 is 0.961. The van der Waals surface area contributed by atoms with Crippen LogP contribution >= 0.6 is 11.8 Å². The number of carboxylic acid groups (broad SMARTS) is 1. The summed E-state index contributed by atoms with van der Waals surface area (Å²) in [5.74, 6) is -0.867. The smallest absolute Gasteiger partial charge is 0.254 e. The van der Waals surface area contributed by atoms with Crippen molar-refractivity contribution in [3.8, 4) is 0 Å².